The summed E-state index contributed by atoms with van der Waals surface area (Å²) >= 11 is 5.22. The Balaban J connectivity index is 1.86. The smallest absolute Gasteiger partial charge is 0.136 e. The van der Waals surface area contributed by atoms with Crippen LogP contribution in [-0.4, -0.2) is 29.2 Å². The number of fused-ring (bicyclic) bond motifs is 1. The van der Waals surface area contributed by atoms with Crippen molar-refractivity contribution in [2.75, 3.05) is 18.5 Å². The molecule has 3 rings (SSSR count). The zero-order valence-corrected chi connectivity index (χ0v) is 13.3. The van der Waals surface area contributed by atoms with Crippen molar-refractivity contribution in [2.45, 2.75) is 45.1 Å². The van der Waals surface area contributed by atoms with Crippen LogP contribution < -0.4 is 11.1 Å². The molecule has 1 saturated heterocycles. The van der Waals surface area contributed by atoms with Crippen LogP contribution in [0.4, 0.5) is 5.82 Å². The molecule has 0 saturated carbocycles. The summed E-state index contributed by atoms with van der Waals surface area (Å²) in [6.45, 7) is 3.86. The molecule has 1 aliphatic carbocycles. The summed E-state index contributed by atoms with van der Waals surface area (Å²) < 4.78 is 5.47. The predicted molar refractivity (Wildman–Crippen MR) is 88.8 cm³/mol. The van der Waals surface area contributed by atoms with Gasteiger partial charge in [-0.25, -0.2) is 4.98 Å². The molecule has 2 aliphatic rings. The molecule has 0 bridgehead atoms. The number of nitrogens with one attached hydrogen (secondary N) is 1. The number of ether oxygens (including phenoxy) is 1. The van der Waals surface area contributed by atoms with Crippen LogP contribution in [-0.2, 0) is 17.6 Å². The molecule has 2 atom stereocenters. The van der Waals surface area contributed by atoms with Crippen LogP contribution in [0.15, 0.2) is 6.07 Å². The Morgan fingerprint density at radius 1 is 1.48 bits per heavy atom. The predicted octanol–water partition coefficient (Wildman–Crippen LogP) is 2.43. The number of thiocarbonyl (C=S) groups is 1. The molecule has 0 spiro atoms. The summed E-state index contributed by atoms with van der Waals surface area (Å²) in [4.78, 5) is 5.25. The maximum atomic E-state index is 5.90. The maximum absolute atomic E-state index is 5.90. The minimum atomic E-state index is 0.315. The van der Waals surface area contributed by atoms with Crippen LogP contribution in [0.2, 0.25) is 0 Å². The molecule has 1 aliphatic heterocycles. The van der Waals surface area contributed by atoms with Gasteiger partial charge in [-0.05, 0) is 50.7 Å². The minimum absolute atomic E-state index is 0.315. The zero-order chi connectivity index (χ0) is 14.8. The molecule has 4 nitrogen and oxygen atoms in total. The highest BCUT2D eigenvalue weighted by atomic mass is 32.1. The van der Waals surface area contributed by atoms with Crippen LogP contribution in [0.5, 0.6) is 0 Å². The largest absolute Gasteiger partial charge is 0.389 e. The van der Waals surface area contributed by atoms with E-state index in [4.69, 9.17) is 27.7 Å². The Bertz CT molecular complexity index is 541. The van der Waals surface area contributed by atoms with Crippen molar-refractivity contribution in [2.24, 2.45) is 11.7 Å². The fraction of sp³-hybridized carbons (Fsp3) is 0.625. The van der Waals surface area contributed by atoms with Gasteiger partial charge in [0.05, 0.1) is 12.2 Å². The first-order valence-electron chi connectivity index (χ1n) is 7.82. The van der Waals surface area contributed by atoms with Crippen molar-refractivity contribution in [3.05, 3.63) is 22.9 Å². The van der Waals surface area contributed by atoms with Gasteiger partial charge in [-0.1, -0.05) is 12.2 Å². The fourth-order valence-electron chi connectivity index (χ4n) is 3.21. The second-order valence-electron chi connectivity index (χ2n) is 6.12. The van der Waals surface area contributed by atoms with E-state index in [2.05, 4.69) is 18.3 Å². The fourth-order valence-corrected chi connectivity index (χ4v) is 3.37. The van der Waals surface area contributed by atoms with Crippen LogP contribution in [0.3, 0.4) is 0 Å². The Morgan fingerprint density at radius 3 is 3.00 bits per heavy atom. The number of aryl methyl sites for hydroxylation is 2. The van der Waals surface area contributed by atoms with Gasteiger partial charge < -0.3 is 15.8 Å². The number of anilines is 1. The molecular weight excluding hydrogens is 282 g/mol. The number of nitrogens with zero attached hydrogens (tertiary/aromatic N) is 1. The lowest BCUT2D eigenvalue weighted by Crippen LogP contribution is -2.29. The topological polar surface area (TPSA) is 60.2 Å². The number of pyridine rings is 1. The molecule has 0 aromatic carbocycles. The highest BCUT2D eigenvalue weighted by molar-refractivity contribution is 7.80. The van der Waals surface area contributed by atoms with Crippen molar-refractivity contribution < 1.29 is 4.74 Å². The zero-order valence-electron chi connectivity index (χ0n) is 12.5. The molecule has 2 heterocycles. The summed E-state index contributed by atoms with van der Waals surface area (Å²) in [5.41, 5.74) is 9.31. The van der Waals surface area contributed by atoms with E-state index in [9.17, 15) is 0 Å². The number of hydrogen-bond donors (Lipinski definition) is 2. The second-order valence-corrected chi connectivity index (χ2v) is 6.56. The lowest BCUT2D eigenvalue weighted by Gasteiger charge is -2.24. The molecule has 1 aromatic heterocycles. The summed E-state index contributed by atoms with van der Waals surface area (Å²) in [5.74, 6) is 1.38. The quantitative estimate of drug-likeness (QED) is 0.837. The average Bonchev–Trinajstić information content (AvgIpc) is 3.00. The Hall–Kier alpha value is -1.20. The molecule has 1 fully saturated rings. The molecule has 5 heteroatoms. The molecule has 21 heavy (non-hydrogen) atoms. The van der Waals surface area contributed by atoms with Crippen molar-refractivity contribution in [1.82, 2.24) is 4.98 Å². The van der Waals surface area contributed by atoms with Crippen LogP contribution in [0.1, 0.15) is 43.0 Å². The van der Waals surface area contributed by atoms with E-state index >= 15 is 0 Å². The number of hydrogen-bond acceptors (Lipinski definition) is 4. The van der Waals surface area contributed by atoms with Gasteiger partial charge in [0.2, 0.25) is 0 Å². The molecule has 1 aromatic rings. The third-order valence-electron chi connectivity index (χ3n) is 4.60. The number of rotatable bonds is 4. The first-order valence-corrected chi connectivity index (χ1v) is 8.23. The van der Waals surface area contributed by atoms with Crippen molar-refractivity contribution in [1.29, 1.82) is 0 Å². The van der Waals surface area contributed by atoms with Crippen molar-refractivity contribution >= 4 is 23.0 Å². The first kappa shape index (κ1) is 14.7. The van der Waals surface area contributed by atoms with Crippen LogP contribution in [0, 0.1) is 5.92 Å². The SMILES string of the molecule is CC(Nc1nc2c(cc1C(N)=S)CCCC2)C1CCOC1. The van der Waals surface area contributed by atoms with E-state index in [-0.39, 0.29) is 0 Å². The Kier molecular flexibility index (Phi) is 4.40. The molecule has 0 amide bonds. The molecular formula is C16H23N3OS. The summed E-state index contributed by atoms with van der Waals surface area (Å²) in [6, 6.07) is 2.46. The van der Waals surface area contributed by atoms with E-state index in [0.29, 0.717) is 16.9 Å². The highest BCUT2D eigenvalue weighted by Crippen LogP contribution is 2.27. The van der Waals surface area contributed by atoms with Gasteiger partial charge in [0.25, 0.3) is 0 Å². The lowest BCUT2D eigenvalue weighted by atomic mass is 9.94. The second kappa shape index (κ2) is 6.28. The van der Waals surface area contributed by atoms with Crippen LogP contribution >= 0.6 is 12.2 Å². The summed E-state index contributed by atoms with van der Waals surface area (Å²) in [5, 5.41) is 3.53. The van der Waals surface area contributed by atoms with Gasteiger partial charge in [0.1, 0.15) is 10.8 Å². The van der Waals surface area contributed by atoms with Gasteiger partial charge in [-0.2, -0.15) is 0 Å². The highest BCUT2D eigenvalue weighted by Gasteiger charge is 2.24. The summed E-state index contributed by atoms with van der Waals surface area (Å²) in [6.07, 6.45) is 5.69. The van der Waals surface area contributed by atoms with E-state index < -0.39 is 0 Å². The van der Waals surface area contributed by atoms with Crippen LogP contribution in [0.25, 0.3) is 0 Å². The van der Waals surface area contributed by atoms with Gasteiger partial charge in [-0.15, -0.1) is 0 Å². The molecule has 0 radical (unpaired) electrons. The first-order chi connectivity index (χ1) is 10.1. The number of nitrogens with two attached hydrogens (primary N) is 1. The van der Waals surface area contributed by atoms with Gasteiger partial charge in [0.15, 0.2) is 0 Å². The summed E-state index contributed by atoms with van der Waals surface area (Å²) in [7, 11) is 0. The standard InChI is InChI=1S/C16H23N3OS/c1-10(12-6-7-20-9-12)18-16-13(15(17)21)8-11-4-2-3-5-14(11)19-16/h8,10,12H,2-7,9H2,1H3,(H2,17,21)(H,18,19). The Labute approximate surface area is 131 Å². The average molecular weight is 305 g/mol. The third-order valence-corrected chi connectivity index (χ3v) is 4.82. The third kappa shape index (κ3) is 3.19. The van der Waals surface area contributed by atoms with Crippen molar-refractivity contribution in [3.8, 4) is 0 Å². The normalized spacial score (nSPS) is 22.6. The van der Waals surface area contributed by atoms with E-state index in [0.717, 1.165) is 43.9 Å². The van der Waals surface area contributed by atoms with E-state index in [1.807, 2.05) is 0 Å². The number of aromatic nitrogens is 1. The monoisotopic (exact) mass is 305 g/mol. The van der Waals surface area contributed by atoms with E-state index in [1.165, 1.54) is 24.1 Å². The minimum Gasteiger partial charge on any atom is -0.389 e. The molecule has 114 valence electrons. The van der Waals surface area contributed by atoms with Gasteiger partial charge in [-0.3, -0.25) is 0 Å². The van der Waals surface area contributed by atoms with Gasteiger partial charge >= 0.3 is 0 Å². The van der Waals surface area contributed by atoms with Gasteiger partial charge in [0, 0.05) is 24.3 Å². The van der Waals surface area contributed by atoms with E-state index in [1.54, 1.807) is 0 Å². The Morgan fingerprint density at radius 2 is 2.29 bits per heavy atom. The molecule has 3 N–H and O–H groups in total. The lowest BCUT2D eigenvalue weighted by molar-refractivity contribution is 0.183. The molecule has 2 unspecified atom stereocenters. The van der Waals surface area contributed by atoms with Crippen molar-refractivity contribution in [3.63, 3.8) is 0 Å². The maximum Gasteiger partial charge on any atom is 0.136 e.